The standard InChI is InChI=1S/C14H19N3O3/c1-16(12-8-4-5-10(12)9-15)14(18)11-6-2-3-7-13(11)17(19)20/h2-3,6-7,10,12H,4-5,8-9,15H2,1H3. The van der Waals surface area contributed by atoms with Crippen LogP contribution in [0, 0.1) is 16.0 Å². The number of hydrogen-bond donors (Lipinski definition) is 1. The maximum absolute atomic E-state index is 12.5. The summed E-state index contributed by atoms with van der Waals surface area (Å²) < 4.78 is 0. The van der Waals surface area contributed by atoms with Gasteiger partial charge in [-0.1, -0.05) is 18.6 Å². The Morgan fingerprint density at radius 3 is 2.80 bits per heavy atom. The number of carbonyl (C=O) groups is 1. The third-order valence-corrected chi connectivity index (χ3v) is 4.07. The van der Waals surface area contributed by atoms with Crippen molar-refractivity contribution in [3.63, 3.8) is 0 Å². The van der Waals surface area contributed by atoms with E-state index in [9.17, 15) is 14.9 Å². The minimum atomic E-state index is -0.518. The number of amides is 1. The van der Waals surface area contributed by atoms with E-state index in [0.29, 0.717) is 6.54 Å². The lowest BCUT2D eigenvalue weighted by Crippen LogP contribution is -2.41. The molecular weight excluding hydrogens is 258 g/mol. The molecule has 1 aromatic rings. The highest BCUT2D eigenvalue weighted by Gasteiger charge is 2.33. The van der Waals surface area contributed by atoms with Crippen molar-refractivity contribution in [2.24, 2.45) is 11.7 Å². The van der Waals surface area contributed by atoms with E-state index in [-0.39, 0.29) is 29.1 Å². The summed E-state index contributed by atoms with van der Waals surface area (Å²) in [7, 11) is 1.71. The van der Waals surface area contributed by atoms with Crippen molar-refractivity contribution >= 4 is 11.6 Å². The maximum Gasteiger partial charge on any atom is 0.282 e. The molecule has 0 heterocycles. The Balaban J connectivity index is 2.25. The highest BCUT2D eigenvalue weighted by molar-refractivity contribution is 5.98. The summed E-state index contributed by atoms with van der Waals surface area (Å²) in [6, 6.07) is 6.14. The predicted octanol–water partition coefficient (Wildman–Crippen LogP) is 1.79. The lowest BCUT2D eigenvalue weighted by Gasteiger charge is -2.29. The first-order chi connectivity index (χ1) is 9.56. The van der Waals surface area contributed by atoms with Crippen molar-refractivity contribution < 1.29 is 9.72 Å². The molecular formula is C14H19N3O3. The van der Waals surface area contributed by atoms with Gasteiger partial charge in [-0.05, 0) is 31.4 Å². The molecule has 0 spiro atoms. The van der Waals surface area contributed by atoms with Crippen molar-refractivity contribution in [3.8, 4) is 0 Å². The zero-order chi connectivity index (χ0) is 14.7. The first-order valence-electron chi connectivity index (χ1n) is 6.77. The Morgan fingerprint density at radius 1 is 1.45 bits per heavy atom. The van der Waals surface area contributed by atoms with Gasteiger partial charge in [0.05, 0.1) is 4.92 Å². The van der Waals surface area contributed by atoms with E-state index in [4.69, 9.17) is 5.73 Å². The molecule has 0 radical (unpaired) electrons. The Bertz CT molecular complexity index is 518. The fraction of sp³-hybridized carbons (Fsp3) is 0.500. The largest absolute Gasteiger partial charge is 0.338 e. The van der Waals surface area contributed by atoms with Gasteiger partial charge in [0.1, 0.15) is 5.56 Å². The second-order valence-corrected chi connectivity index (χ2v) is 5.18. The van der Waals surface area contributed by atoms with E-state index in [0.717, 1.165) is 19.3 Å². The second-order valence-electron chi connectivity index (χ2n) is 5.18. The summed E-state index contributed by atoms with van der Waals surface area (Å²) in [4.78, 5) is 24.6. The van der Waals surface area contributed by atoms with E-state index in [1.54, 1.807) is 24.1 Å². The van der Waals surface area contributed by atoms with E-state index in [1.165, 1.54) is 12.1 Å². The molecule has 108 valence electrons. The molecule has 1 amide bonds. The number of nitro benzene ring substituents is 1. The highest BCUT2D eigenvalue weighted by Crippen LogP contribution is 2.30. The number of nitro groups is 1. The second kappa shape index (κ2) is 6.00. The number of carbonyl (C=O) groups excluding carboxylic acids is 1. The molecule has 6 nitrogen and oxygen atoms in total. The van der Waals surface area contributed by atoms with Crippen LogP contribution in [0.3, 0.4) is 0 Å². The molecule has 0 saturated heterocycles. The molecule has 0 aromatic heterocycles. The zero-order valence-electron chi connectivity index (χ0n) is 11.5. The van der Waals surface area contributed by atoms with Crippen LogP contribution in [0.1, 0.15) is 29.6 Å². The Kier molecular flexibility index (Phi) is 4.34. The first kappa shape index (κ1) is 14.5. The molecule has 6 heteroatoms. The van der Waals surface area contributed by atoms with Crippen molar-refractivity contribution in [2.45, 2.75) is 25.3 Å². The topological polar surface area (TPSA) is 89.5 Å². The van der Waals surface area contributed by atoms with Crippen LogP contribution in [-0.2, 0) is 0 Å². The number of rotatable bonds is 4. The summed E-state index contributed by atoms with van der Waals surface area (Å²) in [6.45, 7) is 0.541. The molecule has 20 heavy (non-hydrogen) atoms. The van der Waals surface area contributed by atoms with E-state index >= 15 is 0 Å². The van der Waals surface area contributed by atoms with Gasteiger partial charge in [-0.2, -0.15) is 0 Å². The normalized spacial score (nSPS) is 21.7. The molecule has 0 bridgehead atoms. The fourth-order valence-corrected chi connectivity index (χ4v) is 2.96. The molecule has 1 fully saturated rings. The monoisotopic (exact) mass is 277 g/mol. The van der Waals surface area contributed by atoms with Crippen LogP contribution in [0.2, 0.25) is 0 Å². The average molecular weight is 277 g/mol. The third kappa shape index (κ3) is 2.65. The van der Waals surface area contributed by atoms with Gasteiger partial charge in [0.2, 0.25) is 0 Å². The van der Waals surface area contributed by atoms with Gasteiger partial charge in [-0.3, -0.25) is 14.9 Å². The molecule has 1 aliphatic carbocycles. The first-order valence-corrected chi connectivity index (χ1v) is 6.77. The van der Waals surface area contributed by atoms with Gasteiger partial charge in [0.15, 0.2) is 0 Å². The SMILES string of the molecule is CN(C(=O)c1ccccc1[N+](=O)[O-])C1CCCC1CN. The third-order valence-electron chi connectivity index (χ3n) is 4.07. The van der Waals surface area contributed by atoms with Crippen LogP contribution >= 0.6 is 0 Å². The summed E-state index contributed by atoms with van der Waals surface area (Å²) in [5.41, 5.74) is 5.73. The number of para-hydroxylation sites is 1. The van der Waals surface area contributed by atoms with E-state index in [2.05, 4.69) is 0 Å². The van der Waals surface area contributed by atoms with E-state index < -0.39 is 4.92 Å². The zero-order valence-corrected chi connectivity index (χ0v) is 11.5. The molecule has 1 saturated carbocycles. The van der Waals surface area contributed by atoms with Crippen molar-refractivity contribution in [3.05, 3.63) is 39.9 Å². The molecule has 2 unspecified atom stereocenters. The molecule has 2 rings (SSSR count). The minimum absolute atomic E-state index is 0.0762. The molecule has 2 N–H and O–H groups in total. The highest BCUT2D eigenvalue weighted by atomic mass is 16.6. The van der Waals surface area contributed by atoms with Gasteiger partial charge in [-0.15, -0.1) is 0 Å². The van der Waals surface area contributed by atoms with Crippen molar-refractivity contribution in [2.75, 3.05) is 13.6 Å². The number of hydrogen-bond acceptors (Lipinski definition) is 4. The molecule has 0 aliphatic heterocycles. The number of nitrogens with two attached hydrogens (primary N) is 1. The van der Waals surface area contributed by atoms with Gasteiger partial charge >= 0.3 is 0 Å². The lowest BCUT2D eigenvalue weighted by molar-refractivity contribution is -0.385. The van der Waals surface area contributed by atoms with E-state index in [1.807, 2.05) is 0 Å². The number of benzene rings is 1. The van der Waals surface area contributed by atoms with Gasteiger partial charge in [0, 0.05) is 19.2 Å². The van der Waals surface area contributed by atoms with Gasteiger partial charge in [-0.25, -0.2) is 0 Å². The summed E-state index contributed by atoms with van der Waals surface area (Å²) in [5, 5.41) is 11.0. The minimum Gasteiger partial charge on any atom is -0.338 e. The van der Waals surface area contributed by atoms with Crippen LogP contribution in [0.5, 0.6) is 0 Å². The smallest absolute Gasteiger partial charge is 0.282 e. The van der Waals surface area contributed by atoms with Gasteiger partial charge < -0.3 is 10.6 Å². The molecule has 2 atom stereocenters. The maximum atomic E-state index is 12.5. The van der Waals surface area contributed by atoms with Crippen LogP contribution in [0.25, 0.3) is 0 Å². The molecule has 1 aliphatic rings. The van der Waals surface area contributed by atoms with Crippen LogP contribution in [0.15, 0.2) is 24.3 Å². The van der Waals surface area contributed by atoms with Crippen molar-refractivity contribution in [1.82, 2.24) is 4.90 Å². The fourth-order valence-electron chi connectivity index (χ4n) is 2.96. The summed E-state index contributed by atoms with van der Waals surface area (Å²) in [6.07, 6.45) is 2.96. The average Bonchev–Trinajstić information content (AvgIpc) is 2.94. The van der Waals surface area contributed by atoms with Gasteiger partial charge in [0.25, 0.3) is 11.6 Å². The summed E-state index contributed by atoms with van der Waals surface area (Å²) >= 11 is 0. The molecule has 1 aromatic carbocycles. The van der Waals surface area contributed by atoms with Crippen LogP contribution in [-0.4, -0.2) is 35.4 Å². The van der Waals surface area contributed by atoms with Crippen molar-refractivity contribution in [1.29, 1.82) is 0 Å². The lowest BCUT2D eigenvalue weighted by atomic mass is 10.0. The number of nitrogens with zero attached hydrogens (tertiary/aromatic N) is 2. The summed E-state index contributed by atoms with van der Waals surface area (Å²) in [5.74, 6) is -0.0191. The Hall–Kier alpha value is -1.95. The van der Waals surface area contributed by atoms with Crippen LogP contribution < -0.4 is 5.73 Å². The Morgan fingerprint density at radius 2 is 2.15 bits per heavy atom. The predicted molar refractivity (Wildman–Crippen MR) is 75.4 cm³/mol. The quantitative estimate of drug-likeness (QED) is 0.671. The Labute approximate surface area is 117 Å². The van der Waals surface area contributed by atoms with Crippen LogP contribution in [0.4, 0.5) is 5.69 Å².